The molecule has 0 aliphatic rings. The van der Waals surface area contributed by atoms with E-state index >= 15 is 0 Å². The number of ether oxygens (including phenoxy) is 5. The van der Waals surface area contributed by atoms with Gasteiger partial charge in [0.2, 0.25) is 6.10 Å². The zero-order valence-corrected chi connectivity index (χ0v) is 50.6. The quantitative estimate of drug-likeness (QED) is 0.0454. The van der Waals surface area contributed by atoms with Gasteiger partial charge in [-0.15, -0.1) is 0 Å². The maximum absolute atomic E-state index is 14.9. The summed E-state index contributed by atoms with van der Waals surface area (Å²) in [6.45, 7) is 23.6. The second-order valence-electron chi connectivity index (χ2n) is 23.8. The Balaban J connectivity index is 1.89. The van der Waals surface area contributed by atoms with E-state index in [4.69, 9.17) is 23.7 Å². The Morgan fingerprint density at radius 1 is 0.388 bits per heavy atom. The molecular formula is C63H92N4O13. The van der Waals surface area contributed by atoms with E-state index in [1.165, 1.54) is 39.9 Å². The van der Waals surface area contributed by atoms with Crippen molar-refractivity contribution in [2.24, 2.45) is 23.7 Å². The molecule has 8 atom stereocenters. The molecule has 0 bridgehead atoms. The number of rotatable bonds is 30. The van der Waals surface area contributed by atoms with Gasteiger partial charge in [-0.2, -0.15) is 0 Å². The molecule has 0 radical (unpaired) electrons. The van der Waals surface area contributed by atoms with Gasteiger partial charge in [-0.3, -0.25) is 24.1 Å². The Morgan fingerprint density at radius 2 is 0.688 bits per heavy atom. The Kier molecular flexibility index (Phi) is 27.0. The van der Waals surface area contributed by atoms with Gasteiger partial charge in [-0.1, -0.05) is 146 Å². The summed E-state index contributed by atoms with van der Waals surface area (Å²) in [6.07, 6.45) is -4.80. The lowest BCUT2D eigenvalue weighted by Gasteiger charge is -2.34. The first-order chi connectivity index (χ1) is 37.4. The number of benzene rings is 3. The minimum atomic E-state index is -1.50. The summed E-state index contributed by atoms with van der Waals surface area (Å²) in [5.41, 5.74) is 1.49. The number of carbonyl (C=O) groups excluding carboxylic acids is 8. The highest BCUT2D eigenvalue weighted by molar-refractivity contribution is 5.93. The van der Waals surface area contributed by atoms with E-state index < -0.39 is 102 Å². The van der Waals surface area contributed by atoms with Crippen LogP contribution in [0.5, 0.6) is 0 Å². The molecule has 0 N–H and O–H groups in total. The van der Waals surface area contributed by atoms with E-state index in [9.17, 15) is 38.4 Å². The SMILES string of the molecule is CC(C)C[C@@H](C(=O)O[C@H](C)C(=O)N(C)[C@@H](CC(C)C)C(=O)O[C@H](Cc1ccccc1)C(=O)N(C)[C@@H](CC(C)C)C(=O)O[C@H](C)C(=O)N(C)[C@@H](CC(C)C)C(=O)O[C@H](Cc1ccccc1)C(=O)OC(C)(C)C)N(C)Cc1ccccc1. The monoisotopic (exact) mass is 1110 g/mol. The number of carbonyl (C=O) groups is 8. The van der Waals surface area contributed by atoms with Crippen molar-refractivity contribution in [3.05, 3.63) is 108 Å². The van der Waals surface area contributed by atoms with Gasteiger partial charge < -0.3 is 38.4 Å². The number of esters is 5. The van der Waals surface area contributed by atoms with Crippen LogP contribution in [0.2, 0.25) is 0 Å². The summed E-state index contributed by atoms with van der Waals surface area (Å²) in [5, 5.41) is 0. The lowest BCUT2D eigenvalue weighted by Crippen LogP contribution is -2.53. The summed E-state index contributed by atoms with van der Waals surface area (Å²) >= 11 is 0. The van der Waals surface area contributed by atoms with Crippen LogP contribution < -0.4 is 0 Å². The third kappa shape index (κ3) is 22.1. The van der Waals surface area contributed by atoms with Crippen LogP contribution in [0, 0.1) is 23.7 Å². The topological polar surface area (TPSA) is 196 Å². The summed E-state index contributed by atoms with van der Waals surface area (Å²) in [5.74, 6) is -6.41. The second-order valence-corrected chi connectivity index (χ2v) is 23.8. The largest absolute Gasteiger partial charge is 0.457 e. The molecule has 80 heavy (non-hydrogen) atoms. The molecule has 0 aliphatic carbocycles. The van der Waals surface area contributed by atoms with Gasteiger partial charge in [0.15, 0.2) is 18.3 Å². The first-order valence-electron chi connectivity index (χ1n) is 28.1. The molecule has 0 aromatic heterocycles. The van der Waals surface area contributed by atoms with Crippen LogP contribution in [0.4, 0.5) is 0 Å². The number of hydrogen-bond donors (Lipinski definition) is 0. The molecule has 3 amide bonds. The smallest absolute Gasteiger partial charge is 0.348 e. The second kappa shape index (κ2) is 32.0. The van der Waals surface area contributed by atoms with Crippen molar-refractivity contribution in [1.29, 1.82) is 0 Å². The van der Waals surface area contributed by atoms with Crippen LogP contribution in [-0.2, 0) is 81.4 Å². The highest BCUT2D eigenvalue weighted by atomic mass is 16.6. The van der Waals surface area contributed by atoms with Crippen molar-refractivity contribution in [2.45, 2.75) is 189 Å². The average molecular weight is 1110 g/mol. The van der Waals surface area contributed by atoms with E-state index in [1.807, 2.05) is 104 Å². The Bertz CT molecular complexity index is 2460. The number of likely N-dealkylation sites (N-methyl/N-ethyl adjacent to an activating group) is 4. The van der Waals surface area contributed by atoms with Crippen molar-refractivity contribution in [3.8, 4) is 0 Å². The maximum atomic E-state index is 14.9. The molecule has 0 heterocycles. The zero-order chi connectivity index (χ0) is 60.2. The van der Waals surface area contributed by atoms with Gasteiger partial charge in [0, 0.05) is 40.5 Å². The minimum absolute atomic E-state index is 0.0253. The number of nitrogens with zero attached hydrogens (tertiary/aromatic N) is 4. The fourth-order valence-corrected chi connectivity index (χ4v) is 9.14. The van der Waals surface area contributed by atoms with Crippen molar-refractivity contribution < 1.29 is 62.0 Å². The van der Waals surface area contributed by atoms with E-state index in [-0.39, 0.29) is 55.8 Å². The van der Waals surface area contributed by atoms with Crippen molar-refractivity contribution in [1.82, 2.24) is 19.6 Å². The lowest BCUT2D eigenvalue weighted by atomic mass is 10.00. The molecule has 17 heteroatoms. The fourth-order valence-electron chi connectivity index (χ4n) is 9.14. The molecule has 3 aromatic carbocycles. The van der Waals surface area contributed by atoms with E-state index in [2.05, 4.69) is 0 Å². The molecule has 0 unspecified atom stereocenters. The van der Waals surface area contributed by atoms with E-state index in [1.54, 1.807) is 75.4 Å². The summed E-state index contributed by atoms with van der Waals surface area (Å²) in [6, 6.07) is 23.2. The first kappa shape index (κ1) is 67.7. The van der Waals surface area contributed by atoms with Gasteiger partial charge in [0.25, 0.3) is 17.7 Å². The maximum Gasteiger partial charge on any atom is 0.348 e. The van der Waals surface area contributed by atoms with Crippen LogP contribution in [0.15, 0.2) is 91.0 Å². The van der Waals surface area contributed by atoms with Gasteiger partial charge in [-0.05, 0) is 108 Å². The molecule has 0 aliphatic heterocycles. The summed E-state index contributed by atoms with van der Waals surface area (Å²) < 4.78 is 29.4. The highest BCUT2D eigenvalue weighted by Crippen LogP contribution is 2.24. The van der Waals surface area contributed by atoms with Crippen LogP contribution in [0.3, 0.4) is 0 Å². The number of amides is 3. The van der Waals surface area contributed by atoms with Crippen LogP contribution in [-0.4, -0.2) is 150 Å². The number of hydrogen-bond acceptors (Lipinski definition) is 14. The predicted molar refractivity (Wildman–Crippen MR) is 306 cm³/mol. The highest BCUT2D eigenvalue weighted by Gasteiger charge is 2.42. The fraction of sp³-hybridized carbons (Fsp3) is 0.587. The predicted octanol–water partition coefficient (Wildman–Crippen LogP) is 8.67. The van der Waals surface area contributed by atoms with Gasteiger partial charge >= 0.3 is 29.8 Å². The third-order valence-corrected chi connectivity index (χ3v) is 13.4. The summed E-state index contributed by atoms with van der Waals surface area (Å²) in [4.78, 5) is 119. The van der Waals surface area contributed by atoms with Gasteiger partial charge in [-0.25, -0.2) is 19.2 Å². The molecule has 0 fully saturated rings. The Morgan fingerprint density at radius 3 is 1.05 bits per heavy atom. The molecule has 17 nitrogen and oxygen atoms in total. The molecule has 3 aromatic rings. The Labute approximate surface area is 476 Å². The Hall–Kier alpha value is -6.62. The van der Waals surface area contributed by atoms with Crippen molar-refractivity contribution in [2.75, 3.05) is 28.2 Å². The standard InChI is InChI=1S/C63H92N4O13/c1-40(2)33-49(64(14)39-48-31-25-20-26-32-48)58(71)76-44(9)55(68)65(15)51(35-42(5)6)60(73)78-53(37-46-27-21-18-22-28-46)57(70)67(17)50(34-41(3)4)59(72)77-45(10)56(69)66(16)52(36-43(7)8)61(74)79-54(62(75)80-63(11,12)13)38-47-29-23-19-24-30-47/h18-32,40-45,49-54H,33-39H2,1-17H3/t44-,45-,49+,50+,51+,52+,53-,54-/m1/s1. The first-order valence-corrected chi connectivity index (χ1v) is 28.1. The lowest BCUT2D eigenvalue weighted by molar-refractivity contribution is -0.180. The van der Waals surface area contributed by atoms with Crippen molar-refractivity contribution in [3.63, 3.8) is 0 Å². The molecule has 0 saturated heterocycles. The molecule has 0 spiro atoms. The van der Waals surface area contributed by atoms with Crippen LogP contribution in [0.1, 0.15) is 132 Å². The van der Waals surface area contributed by atoms with Gasteiger partial charge in [0.05, 0.1) is 0 Å². The zero-order valence-electron chi connectivity index (χ0n) is 50.6. The van der Waals surface area contributed by atoms with Crippen LogP contribution >= 0.6 is 0 Å². The minimum Gasteiger partial charge on any atom is -0.457 e. The summed E-state index contributed by atoms with van der Waals surface area (Å²) in [7, 11) is 6.06. The third-order valence-electron chi connectivity index (χ3n) is 13.4. The average Bonchev–Trinajstić information content (AvgIpc) is 3.38. The molecule has 0 saturated carbocycles. The van der Waals surface area contributed by atoms with Crippen molar-refractivity contribution >= 4 is 47.6 Å². The normalized spacial score (nSPS) is 14.7. The van der Waals surface area contributed by atoms with Crippen LogP contribution in [0.25, 0.3) is 0 Å². The molecule has 442 valence electrons. The van der Waals surface area contributed by atoms with Gasteiger partial charge in [0.1, 0.15) is 29.8 Å². The molecule has 3 rings (SSSR count). The van der Waals surface area contributed by atoms with E-state index in [0.29, 0.717) is 18.5 Å². The van der Waals surface area contributed by atoms with E-state index in [0.717, 1.165) is 20.9 Å². The molecular weight excluding hydrogens is 1020 g/mol.